The minimum absolute atomic E-state index is 0.554. The molecule has 1 aromatic rings. The molecule has 3 nitrogen and oxygen atoms in total. The van der Waals surface area contributed by atoms with Gasteiger partial charge < -0.3 is 10.1 Å². The smallest absolute Gasteiger partial charge is 0.128 e. The fourth-order valence-corrected chi connectivity index (χ4v) is 2.73. The maximum absolute atomic E-state index is 5.48. The maximum atomic E-state index is 5.48. The summed E-state index contributed by atoms with van der Waals surface area (Å²) in [6, 6.07) is 0.554. The van der Waals surface area contributed by atoms with E-state index in [-0.39, 0.29) is 0 Å². The molecule has 1 rings (SSSR count). The van der Waals surface area contributed by atoms with E-state index in [2.05, 4.69) is 38.0 Å². The van der Waals surface area contributed by atoms with Gasteiger partial charge in [0.15, 0.2) is 0 Å². The Hall–Kier alpha value is -1.09. The average molecular weight is 264 g/mol. The van der Waals surface area contributed by atoms with Crippen molar-refractivity contribution in [2.75, 3.05) is 13.7 Å². The average Bonchev–Trinajstić information content (AvgIpc) is 2.39. The summed E-state index contributed by atoms with van der Waals surface area (Å²) in [6.07, 6.45) is 4.06. The van der Waals surface area contributed by atoms with E-state index in [9.17, 15) is 0 Å². The Morgan fingerprint density at radius 1 is 1.32 bits per heavy atom. The monoisotopic (exact) mass is 264 g/mol. The zero-order valence-corrected chi connectivity index (χ0v) is 13.2. The Kier molecular flexibility index (Phi) is 6.29. The number of hydrogen-bond donors (Lipinski definition) is 1. The highest BCUT2D eigenvalue weighted by molar-refractivity contribution is 5.41. The van der Waals surface area contributed by atoms with Gasteiger partial charge in [-0.15, -0.1) is 0 Å². The molecule has 19 heavy (non-hydrogen) atoms. The summed E-state index contributed by atoms with van der Waals surface area (Å²) in [6.45, 7) is 11.9. The van der Waals surface area contributed by atoms with Crippen LogP contribution >= 0.6 is 0 Å². The van der Waals surface area contributed by atoms with Gasteiger partial charge >= 0.3 is 0 Å². The molecule has 3 heteroatoms. The minimum Gasteiger partial charge on any atom is -0.496 e. The Labute approximate surface area is 117 Å². The summed E-state index contributed by atoms with van der Waals surface area (Å²) in [7, 11) is 1.73. The van der Waals surface area contributed by atoms with Gasteiger partial charge in [0.1, 0.15) is 5.75 Å². The van der Waals surface area contributed by atoms with Crippen molar-refractivity contribution in [1.29, 1.82) is 0 Å². The zero-order valence-electron chi connectivity index (χ0n) is 13.2. The molecule has 0 aromatic carbocycles. The highest BCUT2D eigenvalue weighted by Crippen LogP contribution is 2.26. The van der Waals surface area contributed by atoms with Gasteiger partial charge in [0.2, 0.25) is 0 Å². The van der Waals surface area contributed by atoms with Crippen molar-refractivity contribution < 1.29 is 4.74 Å². The summed E-state index contributed by atoms with van der Waals surface area (Å²) in [5, 5.41) is 3.55. The van der Waals surface area contributed by atoms with Crippen LogP contribution in [-0.4, -0.2) is 24.7 Å². The molecular weight excluding hydrogens is 236 g/mol. The lowest BCUT2D eigenvalue weighted by Crippen LogP contribution is -2.35. The predicted octanol–water partition coefficient (Wildman–Crippen LogP) is 3.27. The minimum atomic E-state index is 0.554. The van der Waals surface area contributed by atoms with E-state index in [0.29, 0.717) is 12.0 Å². The lowest BCUT2D eigenvalue weighted by Gasteiger charge is -2.24. The molecule has 0 amide bonds. The zero-order chi connectivity index (χ0) is 14.4. The lowest BCUT2D eigenvalue weighted by atomic mass is 9.92. The van der Waals surface area contributed by atoms with E-state index in [4.69, 9.17) is 4.74 Å². The Morgan fingerprint density at radius 2 is 2.00 bits per heavy atom. The number of methoxy groups -OCH3 is 1. The van der Waals surface area contributed by atoms with Crippen LogP contribution in [-0.2, 0) is 6.42 Å². The maximum Gasteiger partial charge on any atom is 0.128 e. The van der Waals surface area contributed by atoms with Crippen LogP contribution in [0.3, 0.4) is 0 Å². The number of ether oxygens (including phenoxy) is 1. The van der Waals surface area contributed by atoms with E-state index in [1.54, 1.807) is 7.11 Å². The van der Waals surface area contributed by atoms with E-state index < -0.39 is 0 Å². The van der Waals surface area contributed by atoms with Crippen LogP contribution in [0.4, 0.5) is 0 Å². The normalized spacial score (nSPS) is 14.2. The number of aryl methyl sites for hydroxylation is 1. The molecule has 0 aliphatic carbocycles. The fourth-order valence-electron chi connectivity index (χ4n) is 2.73. The first-order valence-corrected chi connectivity index (χ1v) is 7.27. The number of aromatic nitrogens is 1. The number of nitrogens with zero attached hydrogens (tertiary/aromatic N) is 1. The summed E-state index contributed by atoms with van der Waals surface area (Å²) in [5.74, 6) is 1.55. The second-order valence-electron chi connectivity index (χ2n) is 5.30. The van der Waals surface area contributed by atoms with Gasteiger partial charge in [-0.3, -0.25) is 4.98 Å². The van der Waals surface area contributed by atoms with Crippen LogP contribution in [0.25, 0.3) is 0 Å². The fraction of sp³-hybridized carbons (Fsp3) is 0.688. The van der Waals surface area contributed by atoms with Gasteiger partial charge in [0.05, 0.1) is 7.11 Å². The summed E-state index contributed by atoms with van der Waals surface area (Å²) < 4.78 is 5.48. The third-order valence-corrected chi connectivity index (χ3v) is 3.86. The molecule has 0 spiro atoms. The van der Waals surface area contributed by atoms with Crippen LogP contribution in [0, 0.1) is 19.8 Å². The van der Waals surface area contributed by atoms with Gasteiger partial charge in [-0.05, 0) is 39.2 Å². The molecule has 0 radical (unpaired) electrons. The van der Waals surface area contributed by atoms with Gasteiger partial charge in [-0.2, -0.15) is 0 Å². The quantitative estimate of drug-likeness (QED) is 0.820. The number of nitrogens with one attached hydrogen (secondary N) is 1. The lowest BCUT2D eigenvalue weighted by molar-refractivity contribution is 0.366. The Balaban J connectivity index is 2.87. The summed E-state index contributed by atoms with van der Waals surface area (Å²) in [4.78, 5) is 4.60. The molecule has 1 heterocycles. The molecule has 108 valence electrons. The number of hydrogen-bond acceptors (Lipinski definition) is 3. The molecule has 1 N–H and O–H groups in total. The second kappa shape index (κ2) is 7.49. The van der Waals surface area contributed by atoms with Gasteiger partial charge in [-0.25, -0.2) is 0 Å². The molecule has 1 aromatic heterocycles. The molecule has 0 aliphatic rings. The topological polar surface area (TPSA) is 34.2 Å². The molecule has 2 unspecified atom stereocenters. The van der Waals surface area contributed by atoms with Crippen LogP contribution in [0.1, 0.15) is 44.0 Å². The van der Waals surface area contributed by atoms with E-state index in [1.807, 2.05) is 13.1 Å². The second-order valence-corrected chi connectivity index (χ2v) is 5.30. The molecule has 0 fully saturated rings. The van der Waals surface area contributed by atoms with Gasteiger partial charge in [-0.1, -0.05) is 20.8 Å². The Bertz CT molecular complexity index is 404. The summed E-state index contributed by atoms with van der Waals surface area (Å²) >= 11 is 0. The SMILES string of the molecule is CCNC(CC)C(C)Cc1ncc(C)c(OC)c1C. The number of rotatable bonds is 7. The standard InChI is InChI=1S/C16H28N2O/c1-7-14(17-8-2)11(3)9-15-13(5)16(19-6)12(4)10-18-15/h10-11,14,17H,7-9H2,1-6H3. The van der Waals surface area contributed by atoms with E-state index in [0.717, 1.165) is 36.4 Å². The van der Waals surface area contributed by atoms with Crippen molar-refractivity contribution in [3.63, 3.8) is 0 Å². The summed E-state index contributed by atoms with van der Waals surface area (Å²) in [5.41, 5.74) is 3.45. The van der Waals surface area contributed by atoms with Crippen LogP contribution in [0.5, 0.6) is 5.75 Å². The van der Waals surface area contributed by atoms with Gasteiger partial charge in [0.25, 0.3) is 0 Å². The van der Waals surface area contributed by atoms with E-state index >= 15 is 0 Å². The third kappa shape index (κ3) is 3.93. The molecular formula is C16H28N2O. The third-order valence-electron chi connectivity index (χ3n) is 3.86. The van der Waals surface area contributed by atoms with Gasteiger partial charge in [0, 0.05) is 29.1 Å². The Morgan fingerprint density at radius 3 is 2.53 bits per heavy atom. The van der Waals surface area contributed by atoms with Crippen LogP contribution in [0.2, 0.25) is 0 Å². The van der Waals surface area contributed by atoms with Crippen LogP contribution < -0.4 is 10.1 Å². The van der Waals surface area contributed by atoms with Crippen molar-refractivity contribution in [2.24, 2.45) is 5.92 Å². The molecule has 0 saturated carbocycles. The molecule has 0 aliphatic heterocycles. The van der Waals surface area contributed by atoms with Crippen molar-refractivity contribution in [3.05, 3.63) is 23.0 Å². The van der Waals surface area contributed by atoms with Crippen molar-refractivity contribution in [2.45, 2.75) is 53.5 Å². The predicted molar refractivity (Wildman–Crippen MR) is 80.9 cm³/mol. The van der Waals surface area contributed by atoms with Crippen molar-refractivity contribution in [3.8, 4) is 5.75 Å². The van der Waals surface area contributed by atoms with Crippen molar-refractivity contribution in [1.82, 2.24) is 10.3 Å². The molecule has 0 saturated heterocycles. The number of pyridine rings is 1. The molecule has 2 atom stereocenters. The highest BCUT2D eigenvalue weighted by atomic mass is 16.5. The highest BCUT2D eigenvalue weighted by Gasteiger charge is 2.18. The first-order chi connectivity index (χ1) is 9.04. The first-order valence-electron chi connectivity index (χ1n) is 7.27. The largest absolute Gasteiger partial charge is 0.496 e. The van der Waals surface area contributed by atoms with E-state index in [1.165, 1.54) is 5.56 Å². The van der Waals surface area contributed by atoms with Crippen molar-refractivity contribution >= 4 is 0 Å². The molecule has 0 bridgehead atoms. The first kappa shape index (κ1) is 16.0. The van der Waals surface area contributed by atoms with Crippen LogP contribution in [0.15, 0.2) is 6.20 Å².